The Kier molecular flexibility index (Phi) is 2.97. The van der Waals surface area contributed by atoms with E-state index in [0.717, 1.165) is 0 Å². The summed E-state index contributed by atoms with van der Waals surface area (Å²) in [6.07, 6.45) is 2.95. The van der Waals surface area contributed by atoms with Crippen molar-refractivity contribution < 1.29 is 13.0 Å². The van der Waals surface area contributed by atoms with Gasteiger partial charge in [0.05, 0.1) is 5.69 Å². The van der Waals surface area contributed by atoms with Gasteiger partial charge in [-0.2, -0.15) is 8.42 Å². The molecule has 4 nitrogen and oxygen atoms in total. The van der Waals surface area contributed by atoms with Crippen LogP contribution in [0.5, 0.6) is 0 Å². The molecule has 0 radical (unpaired) electrons. The number of hydrogen-bond acceptors (Lipinski definition) is 3. The molecule has 1 aromatic carbocycles. The van der Waals surface area contributed by atoms with E-state index in [1.807, 2.05) is 0 Å². The minimum Gasteiger partial charge on any atom is -0.397 e. The van der Waals surface area contributed by atoms with Gasteiger partial charge in [-0.3, -0.25) is 4.55 Å². The highest BCUT2D eigenvalue weighted by atomic mass is 32.2. The molecule has 0 saturated carbocycles. The summed E-state index contributed by atoms with van der Waals surface area (Å²) in [5.74, 6) is 0. The highest BCUT2D eigenvalue weighted by Gasteiger charge is 2.16. The first-order chi connectivity index (χ1) is 6.91. The summed E-state index contributed by atoms with van der Waals surface area (Å²) in [6.45, 7) is 7.08. The molecule has 0 aliphatic rings. The Morgan fingerprint density at radius 1 is 1.27 bits per heavy atom. The molecule has 0 atom stereocenters. The van der Waals surface area contributed by atoms with Gasteiger partial charge in [0.15, 0.2) is 0 Å². The number of nitrogen functional groups attached to an aromatic ring is 1. The topological polar surface area (TPSA) is 80.4 Å². The molecule has 0 aliphatic carbocycles. The highest BCUT2D eigenvalue weighted by molar-refractivity contribution is 7.86. The molecule has 0 heterocycles. The van der Waals surface area contributed by atoms with Crippen LogP contribution in [-0.2, 0) is 10.1 Å². The third kappa shape index (κ3) is 2.08. The first-order valence-corrected chi connectivity index (χ1v) is 5.50. The van der Waals surface area contributed by atoms with E-state index in [1.54, 1.807) is 0 Å². The molecule has 0 unspecified atom stereocenters. The summed E-state index contributed by atoms with van der Waals surface area (Å²) in [5.41, 5.74) is 6.68. The Labute approximate surface area is 88.5 Å². The molecule has 80 valence electrons. The zero-order valence-electron chi connectivity index (χ0n) is 7.97. The SMILES string of the molecule is C=Cc1ccc(S(=O)(=O)O)c(N)c1C=C. The van der Waals surface area contributed by atoms with Crippen molar-refractivity contribution in [2.75, 3.05) is 5.73 Å². The fourth-order valence-electron chi connectivity index (χ4n) is 1.26. The maximum atomic E-state index is 10.9. The van der Waals surface area contributed by atoms with Crippen LogP contribution in [0.4, 0.5) is 5.69 Å². The van der Waals surface area contributed by atoms with Gasteiger partial charge < -0.3 is 5.73 Å². The van der Waals surface area contributed by atoms with Gasteiger partial charge in [-0.05, 0) is 11.6 Å². The van der Waals surface area contributed by atoms with Crippen molar-refractivity contribution in [1.82, 2.24) is 0 Å². The Balaban J connectivity index is 3.64. The van der Waals surface area contributed by atoms with E-state index in [2.05, 4.69) is 13.2 Å². The van der Waals surface area contributed by atoms with Crippen LogP contribution in [0.2, 0.25) is 0 Å². The molecule has 15 heavy (non-hydrogen) atoms. The number of nitrogens with two attached hydrogens (primary N) is 1. The van der Waals surface area contributed by atoms with Gasteiger partial charge in [-0.15, -0.1) is 0 Å². The minimum atomic E-state index is -4.30. The molecular formula is C10H11NO3S. The second-order valence-electron chi connectivity index (χ2n) is 2.86. The molecule has 0 aliphatic heterocycles. The van der Waals surface area contributed by atoms with Crippen LogP contribution in [0, 0.1) is 0 Å². The van der Waals surface area contributed by atoms with E-state index in [9.17, 15) is 8.42 Å². The third-order valence-corrected chi connectivity index (χ3v) is 2.89. The van der Waals surface area contributed by atoms with Crippen molar-refractivity contribution in [2.24, 2.45) is 0 Å². The Morgan fingerprint density at radius 3 is 2.27 bits per heavy atom. The van der Waals surface area contributed by atoms with Crippen molar-refractivity contribution in [2.45, 2.75) is 4.90 Å². The molecule has 0 saturated heterocycles. The standard InChI is InChI=1S/C10H11NO3S/c1-3-7-5-6-9(15(12,13)14)10(11)8(7)4-2/h3-6H,1-2,11H2,(H,12,13,14). The van der Waals surface area contributed by atoms with Crippen LogP contribution in [0.25, 0.3) is 12.2 Å². The number of benzene rings is 1. The lowest BCUT2D eigenvalue weighted by molar-refractivity contribution is 0.483. The van der Waals surface area contributed by atoms with Crippen molar-refractivity contribution in [3.05, 3.63) is 36.4 Å². The third-order valence-electron chi connectivity index (χ3n) is 1.98. The predicted molar refractivity (Wildman–Crippen MR) is 60.9 cm³/mol. The first-order valence-electron chi connectivity index (χ1n) is 4.06. The van der Waals surface area contributed by atoms with Crippen LogP contribution >= 0.6 is 0 Å². The van der Waals surface area contributed by atoms with Gasteiger partial charge in [0.25, 0.3) is 10.1 Å². The monoisotopic (exact) mass is 225 g/mol. The van der Waals surface area contributed by atoms with Crippen LogP contribution in [-0.4, -0.2) is 13.0 Å². The van der Waals surface area contributed by atoms with E-state index in [0.29, 0.717) is 11.1 Å². The minimum absolute atomic E-state index is 0.0232. The summed E-state index contributed by atoms with van der Waals surface area (Å²) in [6, 6.07) is 2.73. The van der Waals surface area contributed by atoms with E-state index in [1.165, 1.54) is 24.3 Å². The fraction of sp³-hybridized carbons (Fsp3) is 0. The van der Waals surface area contributed by atoms with Gasteiger partial charge >= 0.3 is 0 Å². The largest absolute Gasteiger partial charge is 0.397 e. The van der Waals surface area contributed by atoms with Gasteiger partial charge in [0, 0.05) is 5.56 Å². The molecule has 1 rings (SSSR count). The van der Waals surface area contributed by atoms with Crippen molar-refractivity contribution in [3.63, 3.8) is 0 Å². The number of rotatable bonds is 3. The summed E-state index contributed by atoms with van der Waals surface area (Å²) in [5, 5.41) is 0. The van der Waals surface area contributed by atoms with E-state index in [-0.39, 0.29) is 10.6 Å². The molecule has 0 amide bonds. The van der Waals surface area contributed by atoms with Crippen molar-refractivity contribution in [1.29, 1.82) is 0 Å². The molecule has 3 N–H and O–H groups in total. The zero-order valence-corrected chi connectivity index (χ0v) is 8.79. The predicted octanol–water partition coefficient (Wildman–Crippen LogP) is 1.80. The van der Waals surface area contributed by atoms with Gasteiger partial charge in [0.1, 0.15) is 4.90 Å². The van der Waals surface area contributed by atoms with Crippen LogP contribution in [0.3, 0.4) is 0 Å². The summed E-state index contributed by atoms with van der Waals surface area (Å²) in [4.78, 5) is -0.317. The molecule has 0 bridgehead atoms. The highest BCUT2D eigenvalue weighted by Crippen LogP contribution is 2.27. The summed E-state index contributed by atoms with van der Waals surface area (Å²) in [7, 11) is -4.30. The van der Waals surface area contributed by atoms with Gasteiger partial charge in [0.2, 0.25) is 0 Å². The second kappa shape index (κ2) is 3.88. The summed E-state index contributed by atoms with van der Waals surface area (Å²) < 4.78 is 30.8. The maximum absolute atomic E-state index is 10.9. The first kappa shape index (κ1) is 11.5. The maximum Gasteiger partial charge on any atom is 0.296 e. The lowest BCUT2D eigenvalue weighted by Gasteiger charge is -2.08. The van der Waals surface area contributed by atoms with Crippen LogP contribution in [0.1, 0.15) is 11.1 Å². The van der Waals surface area contributed by atoms with E-state index in [4.69, 9.17) is 10.3 Å². The van der Waals surface area contributed by atoms with Crippen molar-refractivity contribution >= 4 is 28.0 Å². The molecule has 5 heteroatoms. The van der Waals surface area contributed by atoms with Gasteiger partial charge in [-0.1, -0.05) is 31.4 Å². The number of anilines is 1. The van der Waals surface area contributed by atoms with Crippen molar-refractivity contribution in [3.8, 4) is 0 Å². The molecule has 0 aromatic heterocycles. The number of hydrogen-bond donors (Lipinski definition) is 2. The molecule has 0 fully saturated rings. The Morgan fingerprint density at radius 2 is 1.87 bits per heavy atom. The Hall–Kier alpha value is -1.59. The molecular weight excluding hydrogens is 214 g/mol. The quantitative estimate of drug-likeness (QED) is 0.607. The van der Waals surface area contributed by atoms with Gasteiger partial charge in [-0.25, -0.2) is 0 Å². The molecule has 0 spiro atoms. The fourth-order valence-corrected chi connectivity index (χ4v) is 1.89. The average molecular weight is 225 g/mol. The molecule has 1 aromatic rings. The summed E-state index contributed by atoms with van der Waals surface area (Å²) >= 11 is 0. The van der Waals surface area contributed by atoms with E-state index >= 15 is 0 Å². The normalized spacial score (nSPS) is 11.0. The van der Waals surface area contributed by atoms with Crippen LogP contribution in [0.15, 0.2) is 30.2 Å². The smallest absolute Gasteiger partial charge is 0.296 e. The van der Waals surface area contributed by atoms with E-state index < -0.39 is 10.1 Å². The second-order valence-corrected chi connectivity index (χ2v) is 4.25. The average Bonchev–Trinajstić information content (AvgIpc) is 2.15. The Bertz CT molecular complexity index is 518. The lowest BCUT2D eigenvalue weighted by Crippen LogP contribution is -2.05. The lowest BCUT2D eigenvalue weighted by atomic mass is 10.1. The van der Waals surface area contributed by atoms with Crippen LogP contribution < -0.4 is 5.73 Å². The zero-order chi connectivity index (χ0) is 11.6.